The molecule has 114 valence electrons. The minimum absolute atomic E-state index is 0.192. The van der Waals surface area contributed by atoms with Crippen LogP contribution in [0.25, 0.3) is 0 Å². The minimum atomic E-state index is -4.33. The maximum atomic E-state index is 11.8. The lowest BCUT2D eigenvalue weighted by Crippen LogP contribution is -2.32. The first-order chi connectivity index (χ1) is 8.83. The van der Waals surface area contributed by atoms with Crippen LogP contribution in [0.2, 0.25) is 0 Å². The summed E-state index contributed by atoms with van der Waals surface area (Å²) in [6.07, 6.45) is 3.45. The van der Waals surface area contributed by atoms with E-state index in [4.69, 9.17) is 4.74 Å². The molecule has 0 aliphatic rings. The van der Waals surface area contributed by atoms with E-state index in [1.54, 1.807) is 0 Å². The predicted octanol–water partition coefficient (Wildman–Crippen LogP) is 3.24. The summed E-state index contributed by atoms with van der Waals surface area (Å²) >= 11 is 0. The zero-order chi connectivity index (χ0) is 14.9. The van der Waals surface area contributed by atoms with Crippen LogP contribution in [0.1, 0.15) is 65.7 Å². The van der Waals surface area contributed by atoms with Gasteiger partial charge in [-0.2, -0.15) is 0 Å². The normalized spacial score (nSPS) is 12.5. The lowest BCUT2D eigenvalue weighted by molar-refractivity contribution is -0.144. The van der Waals surface area contributed by atoms with Gasteiger partial charge in [0.05, 0.1) is 18.2 Å². The van der Waals surface area contributed by atoms with E-state index in [1.165, 1.54) is 0 Å². The standard InChI is InChI=1S/C13H27O5P/c1-4-7-10-18-12(14)11-13(8-5-2,9-6-3)19(15,16)17/h4-11H2,1-3H3,(H2,15,16,17). The van der Waals surface area contributed by atoms with Crippen LogP contribution in [0.4, 0.5) is 0 Å². The van der Waals surface area contributed by atoms with Crippen molar-refractivity contribution in [1.82, 2.24) is 0 Å². The van der Waals surface area contributed by atoms with E-state index in [1.807, 2.05) is 20.8 Å². The summed E-state index contributed by atoms with van der Waals surface area (Å²) in [4.78, 5) is 31.0. The summed E-state index contributed by atoms with van der Waals surface area (Å²) in [6, 6.07) is 0. The Morgan fingerprint density at radius 2 is 1.63 bits per heavy atom. The molecular weight excluding hydrogens is 267 g/mol. The van der Waals surface area contributed by atoms with Gasteiger partial charge in [-0.1, -0.05) is 40.0 Å². The highest BCUT2D eigenvalue weighted by Gasteiger charge is 2.47. The predicted molar refractivity (Wildman–Crippen MR) is 75.1 cm³/mol. The molecule has 0 amide bonds. The van der Waals surface area contributed by atoms with Crippen molar-refractivity contribution in [1.29, 1.82) is 0 Å². The van der Waals surface area contributed by atoms with E-state index >= 15 is 0 Å². The number of unbranched alkanes of at least 4 members (excludes halogenated alkanes) is 1. The zero-order valence-corrected chi connectivity index (χ0v) is 13.1. The Morgan fingerprint density at radius 3 is 2.00 bits per heavy atom. The number of carbonyl (C=O) groups excluding carboxylic acids is 1. The van der Waals surface area contributed by atoms with Crippen molar-refractivity contribution < 1.29 is 23.9 Å². The van der Waals surface area contributed by atoms with Gasteiger partial charge in [0.2, 0.25) is 0 Å². The molecule has 0 aliphatic heterocycles. The number of rotatable bonds is 10. The molecule has 19 heavy (non-hydrogen) atoms. The van der Waals surface area contributed by atoms with Crippen LogP contribution in [0.5, 0.6) is 0 Å². The van der Waals surface area contributed by atoms with Gasteiger partial charge >= 0.3 is 13.6 Å². The van der Waals surface area contributed by atoms with E-state index < -0.39 is 18.7 Å². The van der Waals surface area contributed by atoms with Crippen LogP contribution >= 0.6 is 7.60 Å². The van der Waals surface area contributed by atoms with Crippen LogP contribution in [-0.4, -0.2) is 27.5 Å². The van der Waals surface area contributed by atoms with Gasteiger partial charge in [0, 0.05) is 0 Å². The Labute approximate surface area is 115 Å². The monoisotopic (exact) mass is 294 g/mol. The molecule has 0 aromatic carbocycles. The van der Waals surface area contributed by atoms with E-state index in [0.29, 0.717) is 32.3 Å². The summed E-state index contributed by atoms with van der Waals surface area (Å²) in [6.45, 7) is 6.04. The lowest BCUT2D eigenvalue weighted by atomic mass is 9.93. The van der Waals surface area contributed by atoms with Crippen molar-refractivity contribution in [2.45, 2.75) is 70.9 Å². The molecule has 0 heterocycles. The summed E-state index contributed by atoms with van der Waals surface area (Å²) in [5, 5.41) is -1.25. The highest BCUT2D eigenvalue weighted by molar-refractivity contribution is 7.53. The lowest BCUT2D eigenvalue weighted by Gasteiger charge is -2.33. The molecule has 0 saturated carbocycles. The molecular formula is C13H27O5P. The molecule has 0 atom stereocenters. The number of carbonyl (C=O) groups is 1. The van der Waals surface area contributed by atoms with Crippen LogP contribution in [0.15, 0.2) is 0 Å². The van der Waals surface area contributed by atoms with Crippen molar-refractivity contribution in [2.24, 2.45) is 0 Å². The first kappa shape index (κ1) is 18.6. The maximum Gasteiger partial charge on any atom is 0.332 e. The van der Waals surface area contributed by atoms with Gasteiger partial charge in [0.15, 0.2) is 0 Å². The molecule has 0 unspecified atom stereocenters. The van der Waals surface area contributed by atoms with Crippen LogP contribution in [0.3, 0.4) is 0 Å². The summed E-state index contributed by atoms with van der Waals surface area (Å²) < 4.78 is 16.8. The molecule has 0 aromatic heterocycles. The van der Waals surface area contributed by atoms with E-state index in [0.717, 1.165) is 12.8 Å². The van der Waals surface area contributed by atoms with Crippen LogP contribution in [0, 0.1) is 0 Å². The van der Waals surface area contributed by atoms with Gasteiger partial charge in [-0.25, -0.2) is 0 Å². The number of esters is 1. The zero-order valence-electron chi connectivity index (χ0n) is 12.2. The van der Waals surface area contributed by atoms with Gasteiger partial charge in [0.25, 0.3) is 0 Å². The molecule has 0 aromatic rings. The Kier molecular flexibility index (Phi) is 8.55. The quantitative estimate of drug-likeness (QED) is 0.367. The van der Waals surface area contributed by atoms with Crippen molar-refractivity contribution in [3.05, 3.63) is 0 Å². The Hall–Kier alpha value is -0.380. The summed E-state index contributed by atoms with van der Waals surface area (Å²) in [7, 11) is -4.33. The second-order valence-electron chi connectivity index (χ2n) is 5.02. The second kappa shape index (κ2) is 8.72. The highest BCUT2D eigenvalue weighted by Crippen LogP contribution is 2.57. The third-order valence-electron chi connectivity index (χ3n) is 3.28. The molecule has 0 fully saturated rings. The van der Waals surface area contributed by atoms with Crippen LogP contribution in [-0.2, 0) is 14.1 Å². The van der Waals surface area contributed by atoms with Crippen molar-refractivity contribution in [3.8, 4) is 0 Å². The van der Waals surface area contributed by atoms with Crippen molar-refractivity contribution in [3.63, 3.8) is 0 Å². The topological polar surface area (TPSA) is 83.8 Å². The van der Waals surface area contributed by atoms with E-state index in [2.05, 4.69) is 0 Å². The third-order valence-corrected chi connectivity index (χ3v) is 5.12. The van der Waals surface area contributed by atoms with Gasteiger partial charge in [-0.05, 0) is 19.3 Å². The third kappa shape index (κ3) is 6.07. The Balaban J connectivity index is 4.83. The number of hydrogen-bond donors (Lipinski definition) is 2. The Bertz CT molecular complexity index is 304. The maximum absolute atomic E-state index is 11.8. The minimum Gasteiger partial charge on any atom is -0.466 e. The first-order valence-corrected chi connectivity index (χ1v) is 8.65. The fourth-order valence-electron chi connectivity index (χ4n) is 2.28. The van der Waals surface area contributed by atoms with Gasteiger partial charge in [-0.15, -0.1) is 0 Å². The fourth-order valence-corrected chi connectivity index (χ4v) is 3.64. The van der Waals surface area contributed by atoms with Crippen molar-refractivity contribution >= 4 is 13.6 Å². The average Bonchev–Trinajstić information content (AvgIpc) is 2.28. The number of hydrogen-bond acceptors (Lipinski definition) is 3. The van der Waals surface area contributed by atoms with Gasteiger partial charge in [0.1, 0.15) is 0 Å². The van der Waals surface area contributed by atoms with Crippen LogP contribution < -0.4 is 0 Å². The number of ether oxygens (including phenoxy) is 1. The molecule has 2 N–H and O–H groups in total. The fraction of sp³-hybridized carbons (Fsp3) is 0.923. The molecule has 6 heteroatoms. The summed E-state index contributed by atoms with van der Waals surface area (Å²) in [5.41, 5.74) is 0. The van der Waals surface area contributed by atoms with E-state index in [-0.39, 0.29) is 6.42 Å². The average molecular weight is 294 g/mol. The summed E-state index contributed by atoms with van der Waals surface area (Å²) in [5.74, 6) is -0.501. The molecule has 0 saturated heterocycles. The Morgan fingerprint density at radius 1 is 1.11 bits per heavy atom. The van der Waals surface area contributed by atoms with Crippen molar-refractivity contribution in [2.75, 3.05) is 6.61 Å². The smallest absolute Gasteiger partial charge is 0.332 e. The largest absolute Gasteiger partial charge is 0.466 e. The van der Waals surface area contributed by atoms with E-state index in [9.17, 15) is 19.1 Å². The molecule has 0 aliphatic carbocycles. The molecule has 0 radical (unpaired) electrons. The molecule has 5 nitrogen and oxygen atoms in total. The SMILES string of the molecule is CCCCOC(=O)CC(CCC)(CCC)P(=O)(O)O. The molecule has 0 rings (SSSR count). The van der Waals surface area contributed by atoms with Gasteiger partial charge in [-0.3, -0.25) is 9.36 Å². The molecule has 0 bridgehead atoms. The molecule has 0 spiro atoms. The highest BCUT2D eigenvalue weighted by atomic mass is 31.2. The van der Waals surface area contributed by atoms with Gasteiger partial charge < -0.3 is 14.5 Å². The second-order valence-corrected chi connectivity index (χ2v) is 7.06. The first-order valence-electron chi connectivity index (χ1n) is 7.04.